The highest BCUT2D eigenvalue weighted by Gasteiger charge is 2.32. The summed E-state index contributed by atoms with van der Waals surface area (Å²) in [6.45, 7) is 2.03. The molecule has 1 aromatic carbocycles. The summed E-state index contributed by atoms with van der Waals surface area (Å²) in [5.74, 6) is 1.65. The van der Waals surface area contributed by atoms with Crippen molar-refractivity contribution in [2.24, 2.45) is 14.1 Å². The molecule has 0 radical (unpaired) electrons. The van der Waals surface area contributed by atoms with Crippen LogP contribution in [-0.4, -0.2) is 49.5 Å². The molecule has 5 aromatic rings. The molecule has 0 unspecified atom stereocenters. The van der Waals surface area contributed by atoms with Crippen molar-refractivity contribution in [2.75, 3.05) is 11.1 Å². The zero-order valence-corrected chi connectivity index (χ0v) is 20.7. The third kappa shape index (κ3) is 3.97. The van der Waals surface area contributed by atoms with E-state index in [-0.39, 0.29) is 23.5 Å². The maximum Gasteiger partial charge on any atom is 0.262 e. The molecule has 0 saturated heterocycles. The third-order valence-electron chi connectivity index (χ3n) is 6.52. The highest BCUT2D eigenvalue weighted by molar-refractivity contribution is 5.93. The number of nitrogens with one attached hydrogen (secondary N) is 1. The Balaban J connectivity index is 1.50. The van der Waals surface area contributed by atoms with Crippen LogP contribution in [0.1, 0.15) is 44.1 Å². The second kappa shape index (κ2) is 8.76. The van der Waals surface area contributed by atoms with Gasteiger partial charge in [0.1, 0.15) is 29.4 Å². The van der Waals surface area contributed by atoms with Gasteiger partial charge >= 0.3 is 0 Å². The van der Waals surface area contributed by atoms with Crippen LogP contribution < -0.4 is 16.6 Å². The number of hydrogen-bond donors (Lipinski definition) is 2. The Morgan fingerprint density at radius 2 is 2.05 bits per heavy atom. The summed E-state index contributed by atoms with van der Waals surface area (Å²) in [6.07, 6.45) is 7.56. The third-order valence-corrected chi connectivity index (χ3v) is 6.52. The molecule has 4 heterocycles. The normalized spacial score (nSPS) is 14.2. The highest BCUT2D eigenvalue weighted by atomic mass is 16.1. The van der Waals surface area contributed by atoms with Crippen molar-refractivity contribution in [2.45, 2.75) is 38.3 Å². The van der Waals surface area contributed by atoms with Crippen LogP contribution in [0.25, 0.3) is 33.4 Å². The summed E-state index contributed by atoms with van der Waals surface area (Å²) in [7, 11) is 3.53. The molecule has 4 aromatic heterocycles. The molecule has 1 aliphatic rings. The van der Waals surface area contributed by atoms with Crippen LogP contribution in [0.4, 0.5) is 11.6 Å². The van der Waals surface area contributed by atoms with E-state index < -0.39 is 0 Å². The number of rotatable bonds is 7. The van der Waals surface area contributed by atoms with Gasteiger partial charge in [-0.1, -0.05) is 19.1 Å². The highest BCUT2D eigenvalue weighted by Crippen LogP contribution is 2.38. The molecule has 13 nitrogen and oxygen atoms in total. The molecule has 0 aliphatic heterocycles. The Morgan fingerprint density at radius 1 is 1.22 bits per heavy atom. The molecule has 188 valence electrons. The van der Waals surface area contributed by atoms with Crippen molar-refractivity contribution in [3.8, 4) is 22.5 Å². The smallest absolute Gasteiger partial charge is 0.262 e. The number of benzene rings is 1. The van der Waals surface area contributed by atoms with Gasteiger partial charge in [-0.05, 0) is 36.1 Å². The Hall–Kier alpha value is -4.68. The second-order valence-electron chi connectivity index (χ2n) is 9.17. The predicted molar refractivity (Wildman–Crippen MR) is 137 cm³/mol. The van der Waals surface area contributed by atoms with E-state index in [1.165, 1.54) is 11.1 Å². The number of fused-ring (bicyclic) bond motifs is 1. The number of aromatic nitrogens is 10. The number of nitrogens with zero attached hydrogens (tertiary/aromatic N) is 10. The number of nitrogen functional groups attached to an aromatic ring is 1. The van der Waals surface area contributed by atoms with E-state index in [0.717, 1.165) is 24.0 Å². The van der Waals surface area contributed by atoms with Crippen molar-refractivity contribution in [1.82, 2.24) is 49.5 Å². The lowest BCUT2D eigenvalue weighted by Gasteiger charge is -2.23. The summed E-state index contributed by atoms with van der Waals surface area (Å²) in [5, 5.41) is 20.6. The fraction of sp³-hybridized carbons (Fsp3) is 0.333. The molecule has 3 N–H and O–H groups in total. The van der Waals surface area contributed by atoms with Gasteiger partial charge in [-0.2, -0.15) is 9.90 Å². The number of hydrogen-bond acceptors (Lipinski definition) is 10. The van der Waals surface area contributed by atoms with Crippen molar-refractivity contribution in [3.63, 3.8) is 0 Å². The SMILES string of the molecule is CC[C@H](Nc1ncnc(N)c1-c1nnn(C)n1)c1nc2cccc(-c3cnn(C)c3)c2c(=O)n1C1CC1. The molecule has 1 fully saturated rings. The van der Waals surface area contributed by atoms with Crippen LogP contribution in [0, 0.1) is 0 Å². The number of aryl methyl sites for hydroxylation is 2. The van der Waals surface area contributed by atoms with Crippen molar-refractivity contribution in [3.05, 3.63) is 53.1 Å². The lowest BCUT2D eigenvalue weighted by Crippen LogP contribution is -2.29. The van der Waals surface area contributed by atoms with Gasteiger partial charge in [0.2, 0.25) is 5.82 Å². The summed E-state index contributed by atoms with van der Waals surface area (Å²) >= 11 is 0. The summed E-state index contributed by atoms with van der Waals surface area (Å²) in [6, 6.07) is 5.51. The zero-order chi connectivity index (χ0) is 25.7. The lowest BCUT2D eigenvalue weighted by molar-refractivity contribution is 0.579. The first-order valence-corrected chi connectivity index (χ1v) is 12.1. The minimum absolute atomic E-state index is 0.0554. The van der Waals surface area contributed by atoms with E-state index >= 15 is 0 Å². The van der Waals surface area contributed by atoms with Crippen LogP contribution in [0.15, 0.2) is 41.7 Å². The second-order valence-corrected chi connectivity index (χ2v) is 9.17. The first-order chi connectivity index (χ1) is 17.9. The Morgan fingerprint density at radius 3 is 2.73 bits per heavy atom. The number of nitrogens with two attached hydrogens (primary N) is 1. The van der Waals surface area contributed by atoms with Crippen LogP contribution in [0.5, 0.6) is 0 Å². The van der Waals surface area contributed by atoms with E-state index in [1.807, 2.05) is 42.9 Å². The molecule has 1 saturated carbocycles. The largest absolute Gasteiger partial charge is 0.383 e. The number of anilines is 2. The van der Waals surface area contributed by atoms with Crippen molar-refractivity contribution >= 4 is 22.5 Å². The molecule has 0 bridgehead atoms. The van der Waals surface area contributed by atoms with Crippen LogP contribution >= 0.6 is 0 Å². The van der Waals surface area contributed by atoms with Crippen molar-refractivity contribution < 1.29 is 0 Å². The molecule has 0 amide bonds. The van der Waals surface area contributed by atoms with Gasteiger partial charge in [-0.3, -0.25) is 14.0 Å². The average molecular weight is 499 g/mol. The van der Waals surface area contributed by atoms with E-state index in [9.17, 15) is 4.79 Å². The quantitative estimate of drug-likeness (QED) is 0.340. The monoisotopic (exact) mass is 498 g/mol. The van der Waals surface area contributed by atoms with Gasteiger partial charge in [-0.25, -0.2) is 15.0 Å². The molecule has 1 aliphatic carbocycles. The predicted octanol–water partition coefficient (Wildman–Crippen LogP) is 2.26. The van der Waals surface area contributed by atoms with E-state index in [2.05, 4.69) is 35.8 Å². The molecular formula is C24H26N12O. The van der Waals surface area contributed by atoms with Gasteiger partial charge in [0.15, 0.2) is 0 Å². The van der Waals surface area contributed by atoms with Crippen molar-refractivity contribution in [1.29, 1.82) is 0 Å². The van der Waals surface area contributed by atoms with Gasteiger partial charge in [-0.15, -0.1) is 10.2 Å². The minimum Gasteiger partial charge on any atom is -0.383 e. The van der Waals surface area contributed by atoms with E-state index in [4.69, 9.17) is 10.7 Å². The maximum atomic E-state index is 14.0. The summed E-state index contributed by atoms with van der Waals surface area (Å²) in [5.41, 5.74) is 8.93. The zero-order valence-electron chi connectivity index (χ0n) is 20.7. The van der Waals surface area contributed by atoms with E-state index in [0.29, 0.717) is 40.4 Å². The molecule has 37 heavy (non-hydrogen) atoms. The van der Waals surface area contributed by atoms with E-state index in [1.54, 1.807) is 17.9 Å². The van der Waals surface area contributed by atoms with Gasteiger partial charge in [0.05, 0.1) is 30.2 Å². The summed E-state index contributed by atoms with van der Waals surface area (Å²) < 4.78 is 3.57. The standard InChI is InChI=1S/C24H26N12O/c1-4-16(29-21-19(20(25)26-12-27-21)22-31-33-35(3)32-22)23-30-17-7-5-6-15(13-10-28-34(2)11-13)18(17)24(37)36(23)14-8-9-14/h5-7,10-12,14,16H,4,8-9H2,1-3H3,(H3,25,26,27,29)/t16-/m0/s1. The Labute approximate surface area is 211 Å². The average Bonchev–Trinajstić information content (AvgIpc) is 3.48. The van der Waals surface area contributed by atoms with Crippen LogP contribution in [0.3, 0.4) is 0 Å². The van der Waals surface area contributed by atoms with Gasteiger partial charge in [0.25, 0.3) is 5.56 Å². The Bertz CT molecular complexity index is 1680. The number of tetrazole rings is 1. The van der Waals surface area contributed by atoms with Gasteiger partial charge < -0.3 is 11.1 Å². The van der Waals surface area contributed by atoms with Gasteiger partial charge in [0, 0.05) is 24.8 Å². The first-order valence-electron chi connectivity index (χ1n) is 12.1. The molecule has 6 rings (SSSR count). The summed E-state index contributed by atoms with van der Waals surface area (Å²) in [4.78, 5) is 29.0. The first kappa shape index (κ1) is 22.8. The topological polar surface area (TPSA) is 160 Å². The molecule has 1 atom stereocenters. The van der Waals surface area contributed by atoms with Crippen LogP contribution in [0.2, 0.25) is 0 Å². The molecule has 0 spiro atoms. The fourth-order valence-electron chi connectivity index (χ4n) is 4.62. The fourth-order valence-corrected chi connectivity index (χ4v) is 4.62. The molecule has 13 heteroatoms. The lowest BCUT2D eigenvalue weighted by atomic mass is 10.0. The minimum atomic E-state index is -0.329. The Kier molecular flexibility index (Phi) is 5.39. The molecular weight excluding hydrogens is 472 g/mol. The van der Waals surface area contributed by atoms with Crippen LogP contribution in [-0.2, 0) is 14.1 Å². The maximum absolute atomic E-state index is 14.0.